The molecule has 1 aromatic rings. The van der Waals surface area contributed by atoms with E-state index in [1.54, 1.807) is 11.3 Å². The number of thiazole rings is 1. The Morgan fingerprint density at radius 2 is 2.27 bits per heavy atom. The van der Waals surface area contributed by atoms with E-state index in [1.807, 2.05) is 0 Å². The van der Waals surface area contributed by atoms with Crippen LogP contribution in [0.5, 0.6) is 0 Å². The van der Waals surface area contributed by atoms with E-state index < -0.39 is 0 Å². The summed E-state index contributed by atoms with van der Waals surface area (Å²) < 4.78 is 0. The highest BCUT2D eigenvalue weighted by atomic mass is 32.1. The Hall–Kier alpha value is -0.450. The van der Waals surface area contributed by atoms with Crippen LogP contribution in [0, 0.1) is 0 Å². The lowest BCUT2D eigenvalue weighted by atomic mass is 10.2. The van der Waals surface area contributed by atoms with Gasteiger partial charge < -0.3 is 10.2 Å². The zero-order valence-corrected chi connectivity index (χ0v) is 10.9. The molecule has 0 bridgehead atoms. The van der Waals surface area contributed by atoms with E-state index in [0.717, 1.165) is 13.1 Å². The highest BCUT2D eigenvalue weighted by Gasteiger charge is 2.09. The van der Waals surface area contributed by atoms with Crippen LogP contribution in [0.1, 0.15) is 37.0 Å². The van der Waals surface area contributed by atoms with E-state index in [0.29, 0.717) is 6.04 Å². The molecule has 0 aromatic carbocycles. The topological polar surface area (TPSA) is 28.2 Å². The lowest BCUT2D eigenvalue weighted by Gasteiger charge is -2.10. The van der Waals surface area contributed by atoms with Crippen LogP contribution in [-0.4, -0.2) is 30.5 Å². The molecule has 0 saturated carbocycles. The molecule has 0 saturated heterocycles. The molecule has 0 amide bonds. The van der Waals surface area contributed by atoms with Gasteiger partial charge in [-0.2, -0.15) is 0 Å². The number of aromatic nitrogens is 1. The fourth-order valence-corrected chi connectivity index (χ4v) is 2.34. The Bertz CT molecular complexity index is 283. The molecule has 1 N–H and O–H groups in total. The Kier molecular flexibility index (Phi) is 5.22. The van der Waals surface area contributed by atoms with Gasteiger partial charge in [0.05, 0.1) is 5.69 Å². The summed E-state index contributed by atoms with van der Waals surface area (Å²) in [6, 6.07) is 0.372. The molecule has 0 spiro atoms. The van der Waals surface area contributed by atoms with E-state index >= 15 is 0 Å². The largest absolute Gasteiger partial charge is 0.309 e. The van der Waals surface area contributed by atoms with Gasteiger partial charge in [0, 0.05) is 18.0 Å². The van der Waals surface area contributed by atoms with Gasteiger partial charge in [-0.25, -0.2) is 4.98 Å². The molecule has 0 aliphatic heterocycles. The maximum Gasteiger partial charge on any atom is 0.107 e. The molecule has 1 rings (SSSR count). The average Bonchev–Trinajstić information content (AvgIpc) is 2.61. The summed E-state index contributed by atoms with van der Waals surface area (Å²) >= 11 is 1.75. The Morgan fingerprint density at radius 3 is 2.87 bits per heavy atom. The maximum atomic E-state index is 4.62. The van der Waals surface area contributed by atoms with Gasteiger partial charge in [-0.1, -0.05) is 6.92 Å². The summed E-state index contributed by atoms with van der Waals surface area (Å²) in [6.45, 7) is 6.34. The van der Waals surface area contributed by atoms with E-state index in [4.69, 9.17) is 0 Å². The average molecular weight is 227 g/mol. The maximum absolute atomic E-state index is 4.62. The van der Waals surface area contributed by atoms with Gasteiger partial charge in [0.2, 0.25) is 0 Å². The van der Waals surface area contributed by atoms with Crippen LogP contribution < -0.4 is 5.32 Å². The van der Waals surface area contributed by atoms with E-state index in [1.165, 1.54) is 17.1 Å². The molecular weight excluding hydrogens is 206 g/mol. The fourth-order valence-electron chi connectivity index (χ4n) is 1.33. The molecule has 15 heavy (non-hydrogen) atoms. The van der Waals surface area contributed by atoms with E-state index in [-0.39, 0.29) is 0 Å². The van der Waals surface area contributed by atoms with Crippen molar-refractivity contribution < 1.29 is 0 Å². The minimum Gasteiger partial charge on any atom is -0.309 e. The monoisotopic (exact) mass is 227 g/mol. The molecule has 86 valence electrons. The number of rotatable bonds is 6. The molecule has 1 unspecified atom stereocenters. The predicted molar refractivity (Wildman–Crippen MR) is 66.2 cm³/mol. The lowest BCUT2D eigenvalue weighted by Crippen LogP contribution is -2.19. The molecule has 0 radical (unpaired) electrons. The van der Waals surface area contributed by atoms with Crippen molar-refractivity contribution in [3.05, 3.63) is 16.1 Å². The SMILES string of the molecule is CCCNC(C)c1csc(CN(C)C)n1. The molecule has 0 aliphatic rings. The standard InChI is InChI=1S/C11H21N3S/c1-5-6-12-9(2)10-8-15-11(13-10)7-14(3)4/h8-9,12H,5-7H2,1-4H3. The minimum absolute atomic E-state index is 0.372. The zero-order valence-electron chi connectivity index (χ0n) is 10.1. The van der Waals surface area contributed by atoms with Crippen molar-refractivity contribution in [3.8, 4) is 0 Å². The van der Waals surface area contributed by atoms with Gasteiger partial charge in [-0.15, -0.1) is 11.3 Å². The highest BCUT2D eigenvalue weighted by Crippen LogP contribution is 2.17. The fraction of sp³-hybridized carbons (Fsp3) is 0.727. The summed E-state index contributed by atoms with van der Waals surface area (Å²) in [7, 11) is 4.14. The molecule has 0 fully saturated rings. The number of nitrogens with one attached hydrogen (secondary N) is 1. The molecule has 1 aromatic heterocycles. The van der Waals surface area contributed by atoms with Crippen LogP contribution >= 0.6 is 11.3 Å². The third-order valence-corrected chi connectivity index (χ3v) is 3.02. The second-order valence-corrected chi connectivity index (χ2v) is 5.02. The summed E-state index contributed by atoms with van der Waals surface area (Å²) in [5.74, 6) is 0. The Labute approximate surface area is 96.5 Å². The predicted octanol–water partition coefficient (Wildman–Crippen LogP) is 2.27. The van der Waals surface area contributed by atoms with Crippen LogP contribution in [0.25, 0.3) is 0 Å². The van der Waals surface area contributed by atoms with Gasteiger partial charge in [-0.05, 0) is 34.0 Å². The molecular formula is C11H21N3S. The third kappa shape index (κ3) is 4.28. The normalized spacial score (nSPS) is 13.4. The summed E-state index contributed by atoms with van der Waals surface area (Å²) in [4.78, 5) is 6.76. The van der Waals surface area contributed by atoms with Crippen molar-refractivity contribution in [1.29, 1.82) is 0 Å². The summed E-state index contributed by atoms with van der Waals surface area (Å²) in [5, 5.41) is 6.80. The van der Waals surface area contributed by atoms with Gasteiger partial charge in [0.25, 0.3) is 0 Å². The second-order valence-electron chi connectivity index (χ2n) is 4.08. The van der Waals surface area contributed by atoms with Gasteiger partial charge in [-0.3, -0.25) is 0 Å². The summed E-state index contributed by atoms with van der Waals surface area (Å²) in [5.41, 5.74) is 1.17. The summed E-state index contributed by atoms with van der Waals surface area (Å²) in [6.07, 6.45) is 1.17. The van der Waals surface area contributed by atoms with Crippen molar-refractivity contribution >= 4 is 11.3 Å². The molecule has 1 atom stereocenters. The highest BCUT2D eigenvalue weighted by molar-refractivity contribution is 7.09. The molecule has 1 heterocycles. The minimum atomic E-state index is 0.372. The Morgan fingerprint density at radius 1 is 1.53 bits per heavy atom. The quantitative estimate of drug-likeness (QED) is 0.808. The van der Waals surface area contributed by atoms with Crippen LogP contribution in [0.15, 0.2) is 5.38 Å². The number of hydrogen-bond acceptors (Lipinski definition) is 4. The lowest BCUT2D eigenvalue weighted by molar-refractivity contribution is 0.400. The van der Waals surface area contributed by atoms with Gasteiger partial charge in [0.15, 0.2) is 0 Å². The van der Waals surface area contributed by atoms with Crippen molar-refractivity contribution in [2.45, 2.75) is 32.9 Å². The molecule has 3 nitrogen and oxygen atoms in total. The zero-order chi connectivity index (χ0) is 11.3. The van der Waals surface area contributed by atoms with Crippen molar-refractivity contribution in [1.82, 2.24) is 15.2 Å². The molecule has 0 aliphatic carbocycles. The van der Waals surface area contributed by atoms with Crippen molar-refractivity contribution in [2.75, 3.05) is 20.6 Å². The van der Waals surface area contributed by atoms with Crippen LogP contribution in [0.3, 0.4) is 0 Å². The van der Waals surface area contributed by atoms with Crippen LogP contribution in [0.4, 0.5) is 0 Å². The van der Waals surface area contributed by atoms with Crippen molar-refractivity contribution in [3.63, 3.8) is 0 Å². The van der Waals surface area contributed by atoms with E-state index in [9.17, 15) is 0 Å². The smallest absolute Gasteiger partial charge is 0.107 e. The molecule has 4 heteroatoms. The van der Waals surface area contributed by atoms with Crippen LogP contribution in [-0.2, 0) is 6.54 Å². The van der Waals surface area contributed by atoms with Crippen LogP contribution in [0.2, 0.25) is 0 Å². The van der Waals surface area contributed by atoms with E-state index in [2.05, 4.69) is 48.5 Å². The van der Waals surface area contributed by atoms with Gasteiger partial charge in [0.1, 0.15) is 5.01 Å². The Balaban J connectivity index is 2.51. The first-order valence-electron chi connectivity index (χ1n) is 5.46. The number of nitrogens with zero attached hydrogens (tertiary/aromatic N) is 2. The first kappa shape index (κ1) is 12.6. The number of hydrogen-bond donors (Lipinski definition) is 1. The van der Waals surface area contributed by atoms with Crippen molar-refractivity contribution in [2.24, 2.45) is 0 Å². The third-order valence-electron chi connectivity index (χ3n) is 2.17. The first-order valence-corrected chi connectivity index (χ1v) is 6.33. The van der Waals surface area contributed by atoms with Gasteiger partial charge >= 0.3 is 0 Å². The second kappa shape index (κ2) is 6.20. The first-order chi connectivity index (χ1) is 7.13.